The molecule has 0 aromatic heterocycles. The SMILES string of the molecule is COC(=O)C(CSc1ccccc1)CC(=O)c1ccc(C)cc1. The van der Waals surface area contributed by atoms with E-state index in [9.17, 15) is 9.59 Å². The molecule has 0 spiro atoms. The smallest absolute Gasteiger partial charge is 0.309 e. The van der Waals surface area contributed by atoms with Crippen LogP contribution < -0.4 is 0 Å². The van der Waals surface area contributed by atoms with E-state index >= 15 is 0 Å². The highest BCUT2D eigenvalue weighted by atomic mass is 32.2. The maximum atomic E-state index is 12.4. The van der Waals surface area contributed by atoms with Gasteiger partial charge in [0.1, 0.15) is 0 Å². The Morgan fingerprint density at radius 2 is 1.70 bits per heavy atom. The summed E-state index contributed by atoms with van der Waals surface area (Å²) in [5, 5.41) is 0. The molecule has 0 amide bonds. The van der Waals surface area contributed by atoms with Crippen LogP contribution in [0.3, 0.4) is 0 Å². The average Bonchev–Trinajstić information content (AvgIpc) is 2.59. The number of thioether (sulfide) groups is 1. The molecule has 1 atom stereocenters. The number of methoxy groups -OCH3 is 1. The van der Waals surface area contributed by atoms with Crippen LogP contribution in [-0.2, 0) is 9.53 Å². The molecule has 2 rings (SSSR count). The first-order valence-corrected chi connectivity index (χ1v) is 8.44. The van der Waals surface area contributed by atoms with E-state index in [2.05, 4.69) is 0 Å². The summed E-state index contributed by atoms with van der Waals surface area (Å²) >= 11 is 1.56. The zero-order valence-corrected chi connectivity index (χ0v) is 14.1. The minimum Gasteiger partial charge on any atom is -0.469 e. The Balaban J connectivity index is 2.02. The van der Waals surface area contributed by atoms with Gasteiger partial charge < -0.3 is 4.74 Å². The quantitative estimate of drug-likeness (QED) is 0.435. The molecule has 0 aliphatic heterocycles. The second-order valence-corrected chi connectivity index (χ2v) is 6.43. The number of Topliss-reactive ketones (excluding diaryl/α,β-unsaturated/α-hetero) is 1. The standard InChI is InChI=1S/C19H20O3S/c1-14-8-10-15(11-9-14)18(20)12-16(19(21)22-2)13-23-17-6-4-3-5-7-17/h3-11,16H,12-13H2,1-2H3. The lowest BCUT2D eigenvalue weighted by molar-refractivity contribution is -0.144. The first-order chi connectivity index (χ1) is 11.1. The Kier molecular flexibility index (Phi) is 6.41. The molecule has 2 aromatic rings. The van der Waals surface area contributed by atoms with Crippen molar-refractivity contribution in [2.75, 3.05) is 12.9 Å². The van der Waals surface area contributed by atoms with Crippen LogP contribution in [0.4, 0.5) is 0 Å². The second kappa shape index (κ2) is 8.53. The molecular weight excluding hydrogens is 308 g/mol. The number of rotatable bonds is 7. The number of hydrogen-bond donors (Lipinski definition) is 0. The van der Waals surface area contributed by atoms with Crippen LogP contribution in [0.1, 0.15) is 22.3 Å². The molecule has 2 aromatic carbocycles. The van der Waals surface area contributed by atoms with Crippen molar-refractivity contribution in [3.8, 4) is 0 Å². The van der Waals surface area contributed by atoms with Crippen molar-refractivity contribution in [2.24, 2.45) is 5.92 Å². The van der Waals surface area contributed by atoms with Gasteiger partial charge in [-0.05, 0) is 19.1 Å². The van der Waals surface area contributed by atoms with Gasteiger partial charge in [0.25, 0.3) is 0 Å². The molecule has 0 bridgehead atoms. The van der Waals surface area contributed by atoms with Gasteiger partial charge in [-0.25, -0.2) is 0 Å². The zero-order valence-electron chi connectivity index (χ0n) is 13.3. The Morgan fingerprint density at radius 1 is 1.04 bits per heavy atom. The normalized spacial score (nSPS) is 11.7. The zero-order chi connectivity index (χ0) is 16.7. The van der Waals surface area contributed by atoms with E-state index in [4.69, 9.17) is 4.74 Å². The molecule has 4 heteroatoms. The van der Waals surface area contributed by atoms with Gasteiger partial charge in [0.05, 0.1) is 13.0 Å². The predicted octanol–water partition coefficient (Wildman–Crippen LogP) is 4.15. The molecule has 0 radical (unpaired) electrons. The third-order valence-corrected chi connectivity index (χ3v) is 4.71. The van der Waals surface area contributed by atoms with Crippen molar-refractivity contribution < 1.29 is 14.3 Å². The summed E-state index contributed by atoms with van der Waals surface area (Å²) in [6, 6.07) is 17.2. The first-order valence-electron chi connectivity index (χ1n) is 7.45. The minimum atomic E-state index is -0.445. The summed E-state index contributed by atoms with van der Waals surface area (Å²) in [6.45, 7) is 1.97. The fourth-order valence-electron chi connectivity index (χ4n) is 2.17. The summed E-state index contributed by atoms with van der Waals surface area (Å²) in [5.74, 6) is -0.296. The Morgan fingerprint density at radius 3 is 2.30 bits per heavy atom. The van der Waals surface area contributed by atoms with E-state index in [1.54, 1.807) is 23.9 Å². The van der Waals surface area contributed by atoms with Crippen molar-refractivity contribution in [1.29, 1.82) is 0 Å². The van der Waals surface area contributed by atoms with Crippen LogP contribution in [0.2, 0.25) is 0 Å². The molecule has 0 N–H and O–H groups in total. The van der Waals surface area contributed by atoms with Gasteiger partial charge in [0.15, 0.2) is 5.78 Å². The van der Waals surface area contributed by atoms with E-state index in [0.29, 0.717) is 11.3 Å². The fraction of sp³-hybridized carbons (Fsp3) is 0.263. The molecular formula is C19H20O3S. The number of ether oxygens (including phenoxy) is 1. The monoisotopic (exact) mass is 328 g/mol. The van der Waals surface area contributed by atoms with E-state index in [1.807, 2.05) is 49.4 Å². The molecule has 0 saturated heterocycles. The number of benzene rings is 2. The summed E-state index contributed by atoms with van der Waals surface area (Å²) in [6.07, 6.45) is 0.162. The van der Waals surface area contributed by atoms with Gasteiger partial charge in [-0.1, -0.05) is 48.0 Å². The maximum absolute atomic E-state index is 12.4. The molecule has 0 saturated carbocycles. The molecule has 120 valence electrons. The topological polar surface area (TPSA) is 43.4 Å². The third-order valence-electron chi connectivity index (χ3n) is 3.53. The fourth-order valence-corrected chi connectivity index (χ4v) is 3.17. The number of ketones is 1. The first kappa shape index (κ1) is 17.3. The number of carbonyl (C=O) groups is 2. The molecule has 0 aliphatic carbocycles. The highest BCUT2D eigenvalue weighted by Gasteiger charge is 2.23. The van der Waals surface area contributed by atoms with E-state index < -0.39 is 5.92 Å². The summed E-state index contributed by atoms with van der Waals surface area (Å²) in [4.78, 5) is 25.4. The largest absolute Gasteiger partial charge is 0.469 e. The third kappa shape index (κ3) is 5.25. The van der Waals surface area contributed by atoms with Gasteiger partial charge in [-0.15, -0.1) is 11.8 Å². The number of esters is 1. The van der Waals surface area contributed by atoms with Crippen molar-refractivity contribution in [3.05, 3.63) is 65.7 Å². The van der Waals surface area contributed by atoms with E-state index in [1.165, 1.54) is 7.11 Å². The lowest BCUT2D eigenvalue weighted by Gasteiger charge is -2.13. The highest BCUT2D eigenvalue weighted by Crippen LogP contribution is 2.23. The second-order valence-electron chi connectivity index (χ2n) is 5.34. The number of carbonyl (C=O) groups excluding carboxylic acids is 2. The molecule has 0 fully saturated rings. The van der Waals surface area contributed by atoms with Crippen molar-refractivity contribution in [1.82, 2.24) is 0 Å². The minimum absolute atomic E-state index is 0.0333. The highest BCUT2D eigenvalue weighted by molar-refractivity contribution is 7.99. The summed E-state index contributed by atoms with van der Waals surface area (Å²) in [7, 11) is 1.36. The molecule has 3 nitrogen and oxygen atoms in total. The van der Waals surface area contributed by atoms with Crippen LogP contribution in [0, 0.1) is 12.8 Å². The van der Waals surface area contributed by atoms with Crippen molar-refractivity contribution in [3.63, 3.8) is 0 Å². The predicted molar refractivity (Wildman–Crippen MR) is 92.8 cm³/mol. The average molecular weight is 328 g/mol. The Bertz CT molecular complexity index is 650. The lowest BCUT2D eigenvalue weighted by atomic mass is 9.99. The van der Waals surface area contributed by atoms with Gasteiger partial charge in [0.2, 0.25) is 0 Å². The number of aryl methyl sites for hydroxylation is 1. The van der Waals surface area contributed by atoms with Gasteiger partial charge in [-0.3, -0.25) is 9.59 Å². The molecule has 23 heavy (non-hydrogen) atoms. The Labute approximate surface area is 141 Å². The van der Waals surface area contributed by atoms with Crippen LogP contribution in [-0.4, -0.2) is 24.6 Å². The van der Waals surface area contributed by atoms with E-state index in [-0.39, 0.29) is 18.2 Å². The summed E-state index contributed by atoms with van der Waals surface area (Å²) in [5.41, 5.74) is 1.74. The van der Waals surface area contributed by atoms with Gasteiger partial charge >= 0.3 is 5.97 Å². The van der Waals surface area contributed by atoms with E-state index in [0.717, 1.165) is 10.5 Å². The molecule has 0 aliphatic rings. The van der Waals surface area contributed by atoms with Gasteiger partial charge in [-0.2, -0.15) is 0 Å². The van der Waals surface area contributed by atoms with Crippen molar-refractivity contribution in [2.45, 2.75) is 18.2 Å². The van der Waals surface area contributed by atoms with Gasteiger partial charge in [0, 0.05) is 22.6 Å². The number of hydrogen-bond acceptors (Lipinski definition) is 4. The van der Waals surface area contributed by atoms with Crippen LogP contribution >= 0.6 is 11.8 Å². The Hall–Kier alpha value is -2.07. The summed E-state index contributed by atoms with van der Waals surface area (Å²) < 4.78 is 4.85. The molecule has 1 unspecified atom stereocenters. The van der Waals surface area contributed by atoms with Crippen LogP contribution in [0.15, 0.2) is 59.5 Å². The van der Waals surface area contributed by atoms with Crippen molar-refractivity contribution >= 4 is 23.5 Å². The van der Waals surface area contributed by atoms with Crippen LogP contribution in [0.5, 0.6) is 0 Å². The van der Waals surface area contributed by atoms with Crippen LogP contribution in [0.25, 0.3) is 0 Å². The lowest BCUT2D eigenvalue weighted by Crippen LogP contribution is -2.22. The maximum Gasteiger partial charge on any atom is 0.309 e. The molecule has 0 heterocycles.